The van der Waals surface area contributed by atoms with E-state index >= 15 is 0 Å². The molecule has 0 radical (unpaired) electrons. The van der Waals surface area contributed by atoms with E-state index in [0.29, 0.717) is 0 Å². The van der Waals surface area contributed by atoms with E-state index in [1.807, 2.05) is 13.0 Å². The number of likely N-dealkylation sites (tertiary alicyclic amines) is 1. The summed E-state index contributed by atoms with van der Waals surface area (Å²) in [6.45, 7) is 7.78. The first kappa shape index (κ1) is 20.8. The summed E-state index contributed by atoms with van der Waals surface area (Å²) in [6.07, 6.45) is 2.55. The van der Waals surface area contributed by atoms with Gasteiger partial charge in [-0.15, -0.1) is 0 Å². The number of thioether (sulfide) groups is 1. The molecule has 2 aliphatic rings. The molecule has 0 spiro atoms. The van der Waals surface area contributed by atoms with Crippen molar-refractivity contribution in [2.75, 3.05) is 37.7 Å². The molecule has 5 heteroatoms. The fourth-order valence-electron chi connectivity index (χ4n) is 4.73. The minimum Gasteiger partial charge on any atom is -0.441 e. The molecule has 0 atom stereocenters. The summed E-state index contributed by atoms with van der Waals surface area (Å²) in [7, 11) is 0. The molecule has 2 fully saturated rings. The quantitative estimate of drug-likeness (QED) is 0.543. The molecule has 0 saturated carbocycles. The highest BCUT2D eigenvalue weighted by molar-refractivity contribution is 7.99. The zero-order chi connectivity index (χ0) is 21.0. The fraction of sp³-hybridized carbons (Fsp3) is 0.423. The van der Waals surface area contributed by atoms with Crippen molar-refractivity contribution in [3.05, 3.63) is 66.1 Å². The lowest BCUT2D eigenvalue weighted by molar-refractivity contribution is 0.111. The molecule has 3 aromatic rings. The molecule has 2 aliphatic heterocycles. The van der Waals surface area contributed by atoms with Crippen LogP contribution in [0.2, 0.25) is 0 Å². The highest BCUT2D eigenvalue weighted by atomic mass is 32.2. The third-order valence-electron chi connectivity index (χ3n) is 6.62. The first-order valence-electron chi connectivity index (χ1n) is 11.4. The van der Waals surface area contributed by atoms with E-state index in [2.05, 4.69) is 70.1 Å². The molecule has 2 saturated heterocycles. The predicted molar refractivity (Wildman–Crippen MR) is 129 cm³/mol. The van der Waals surface area contributed by atoms with Crippen molar-refractivity contribution in [1.82, 2.24) is 14.8 Å². The van der Waals surface area contributed by atoms with Crippen LogP contribution >= 0.6 is 11.8 Å². The van der Waals surface area contributed by atoms with Crippen molar-refractivity contribution in [2.45, 2.75) is 32.4 Å². The Hall–Kier alpha value is -2.08. The fourth-order valence-corrected chi connectivity index (χ4v) is 5.66. The Kier molecular flexibility index (Phi) is 6.44. The second kappa shape index (κ2) is 9.60. The maximum atomic E-state index is 6.06. The van der Waals surface area contributed by atoms with Crippen LogP contribution in [0.3, 0.4) is 0 Å². The summed E-state index contributed by atoms with van der Waals surface area (Å²) in [4.78, 5) is 10.1. The highest BCUT2D eigenvalue weighted by Crippen LogP contribution is 2.27. The SMILES string of the molecule is Cc1oc(-c2ccc(-c3ccccc3)cc2)nc1CN1CCC(N2CCSCC2)CC1. The average Bonchev–Trinajstić information content (AvgIpc) is 3.21. The molecule has 1 aromatic heterocycles. The summed E-state index contributed by atoms with van der Waals surface area (Å²) in [5.41, 5.74) is 4.55. The minimum absolute atomic E-state index is 0.729. The Bertz CT molecular complexity index is 972. The monoisotopic (exact) mass is 433 g/mol. The molecule has 0 unspecified atom stereocenters. The molecule has 162 valence electrons. The molecule has 3 heterocycles. The van der Waals surface area contributed by atoms with Crippen LogP contribution in [-0.4, -0.2) is 58.5 Å². The summed E-state index contributed by atoms with van der Waals surface area (Å²) >= 11 is 2.10. The molecule has 5 rings (SSSR count). The van der Waals surface area contributed by atoms with Gasteiger partial charge >= 0.3 is 0 Å². The van der Waals surface area contributed by atoms with Gasteiger partial charge in [-0.3, -0.25) is 9.80 Å². The van der Waals surface area contributed by atoms with Gasteiger partial charge in [-0.1, -0.05) is 42.5 Å². The van der Waals surface area contributed by atoms with E-state index in [1.54, 1.807) is 0 Å². The van der Waals surface area contributed by atoms with Crippen LogP contribution in [0.5, 0.6) is 0 Å². The van der Waals surface area contributed by atoms with E-state index in [4.69, 9.17) is 9.40 Å². The number of benzene rings is 2. The van der Waals surface area contributed by atoms with Crippen LogP contribution in [0.15, 0.2) is 59.0 Å². The summed E-state index contributed by atoms with van der Waals surface area (Å²) in [6, 6.07) is 19.7. The number of hydrogen-bond acceptors (Lipinski definition) is 5. The maximum Gasteiger partial charge on any atom is 0.226 e. The zero-order valence-electron chi connectivity index (χ0n) is 18.3. The van der Waals surface area contributed by atoms with Gasteiger partial charge in [0, 0.05) is 55.8 Å². The first-order valence-corrected chi connectivity index (χ1v) is 12.6. The Morgan fingerprint density at radius 3 is 2.23 bits per heavy atom. The Morgan fingerprint density at radius 2 is 1.52 bits per heavy atom. The predicted octanol–water partition coefficient (Wildman–Crippen LogP) is 5.33. The van der Waals surface area contributed by atoms with E-state index in [1.165, 1.54) is 48.6 Å². The van der Waals surface area contributed by atoms with E-state index < -0.39 is 0 Å². The summed E-state index contributed by atoms with van der Waals surface area (Å²) < 4.78 is 6.06. The number of aromatic nitrogens is 1. The number of hydrogen-bond donors (Lipinski definition) is 0. The molecule has 0 N–H and O–H groups in total. The third-order valence-corrected chi connectivity index (χ3v) is 7.57. The number of aryl methyl sites for hydroxylation is 1. The lowest BCUT2D eigenvalue weighted by atomic mass is 10.0. The van der Waals surface area contributed by atoms with E-state index in [-0.39, 0.29) is 0 Å². The maximum absolute atomic E-state index is 6.06. The van der Waals surface area contributed by atoms with Gasteiger partial charge < -0.3 is 4.42 Å². The van der Waals surface area contributed by atoms with E-state index in [9.17, 15) is 0 Å². The van der Waals surface area contributed by atoms with Gasteiger partial charge in [-0.2, -0.15) is 11.8 Å². The van der Waals surface area contributed by atoms with Gasteiger partial charge in [0.1, 0.15) is 5.76 Å². The topological polar surface area (TPSA) is 32.5 Å². The average molecular weight is 434 g/mol. The lowest BCUT2D eigenvalue weighted by Crippen LogP contribution is -2.47. The molecular formula is C26H31N3OS. The van der Waals surface area contributed by atoms with Gasteiger partial charge in [0.2, 0.25) is 5.89 Å². The van der Waals surface area contributed by atoms with Gasteiger partial charge in [-0.05, 0) is 43.0 Å². The molecule has 2 aromatic carbocycles. The largest absolute Gasteiger partial charge is 0.441 e. The van der Waals surface area contributed by atoms with Crippen molar-refractivity contribution in [3.63, 3.8) is 0 Å². The Labute approximate surface area is 189 Å². The van der Waals surface area contributed by atoms with Crippen LogP contribution in [-0.2, 0) is 6.54 Å². The summed E-state index contributed by atoms with van der Waals surface area (Å²) in [5.74, 6) is 4.27. The van der Waals surface area contributed by atoms with Crippen LogP contribution in [0.4, 0.5) is 0 Å². The number of nitrogens with zero attached hydrogens (tertiary/aromatic N) is 3. The number of oxazole rings is 1. The number of rotatable bonds is 5. The van der Waals surface area contributed by atoms with Gasteiger partial charge in [0.25, 0.3) is 0 Å². The van der Waals surface area contributed by atoms with Gasteiger partial charge in [-0.25, -0.2) is 4.98 Å². The van der Waals surface area contributed by atoms with Gasteiger partial charge in [0.15, 0.2) is 0 Å². The second-order valence-corrected chi connectivity index (χ2v) is 9.85. The zero-order valence-corrected chi connectivity index (χ0v) is 19.1. The van der Waals surface area contributed by atoms with Crippen molar-refractivity contribution in [1.29, 1.82) is 0 Å². The number of piperidine rings is 1. The molecular weight excluding hydrogens is 402 g/mol. The molecule has 0 aliphatic carbocycles. The Morgan fingerprint density at radius 1 is 0.871 bits per heavy atom. The molecule has 0 bridgehead atoms. The molecule has 0 amide bonds. The highest BCUT2D eigenvalue weighted by Gasteiger charge is 2.26. The van der Waals surface area contributed by atoms with Crippen LogP contribution in [0.1, 0.15) is 24.3 Å². The Balaban J connectivity index is 1.21. The van der Waals surface area contributed by atoms with Gasteiger partial charge in [0.05, 0.1) is 5.69 Å². The van der Waals surface area contributed by atoms with Crippen LogP contribution in [0, 0.1) is 6.92 Å². The minimum atomic E-state index is 0.729. The third kappa shape index (κ3) is 4.89. The standard InChI is InChI=1S/C26H31N3OS/c1-20-25(19-28-13-11-24(12-14-28)29-15-17-31-18-16-29)27-26(30-20)23-9-7-22(8-10-23)21-5-3-2-4-6-21/h2-10,24H,11-19H2,1H3. The lowest BCUT2D eigenvalue weighted by Gasteiger charge is -2.39. The van der Waals surface area contributed by atoms with E-state index in [0.717, 1.165) is 48.6 Å². The summed E-state index contributed by atoms with van der Waals surface area (Å²) in [5, 5.41) is 0. The molecule has 31 heavy (non-hydrogen) atoms. The molecule has 4 nitrogen and oxygen atoms in total. The van der Waals surface area contributed by atoms with Crippen molar-refractivity contribution < 1.29 is 4.42 Å². The normalized spacial score (nSPS) is 19.0. The van der Waals surface area contributed by atoms with Crippen molar-refractivity contribution >= 4 is 11.8 Å². The van der Waals surface area contributed by atoms with Crippen molar-refractivity contribution in [3.8, 4) is 22.6 Å². The van der Waals surface area contributed by atoms with Crippen LogP contribution < -0.4 is 0 Å². The second-order valence-electron chi connectivity index (χ2n) is 8.62. The van der Waals surface area contributed by atoms with Crippen molar-refractivity contribution in [2.24, 2.45) is 0 Å². The van der Waals surface area contributed by atoms with Crippen LogP contribution in [0.25, 0.3) is 22.6 Å². The first-order chi connectivity index (χ1) is 15.3. The smallest absolute Gasteiger partial charge is 0.226 e.